The molecule has 0 amide bonds. The van der Waals surface area contributed by atoms with E-state index >= 15 is 0 Å². The fraction of sp³-hybridized carbons (Fsp3) is 0.455. The summed E-state index contributed by atoms with van der Waals surface area (Å²) in [6.07, 6.45) is 2.55. The highest BCUT2D eigenvalue weighted by molar-refractivity contribution is 6.31. The molecule has 0 spiro atoms. The van der Waals surface area contributed by atoms with Crippen LogP contribution in [0.25, 0.3) is 0 Å². The Morgan fingerprint density at radius 3 is 2.86 bits per heavy atom. The van der Waals surface area contributed by atoms with Crippen LogP contribution in [0.5, 0.6) is 0 Å². The van der Waals surface area contributed by atoms with E-state index in [1.807, 2.05) is 18.2 Å². The zero-order valence-corrected chi connectivity index (χ0v) is 8.93. The van der Waals surface area contributed by atoms with Gasteiger partial charge in [-0.2, -0.15) is 0 Å². The van der Waals surface area contributed by atoms with Gasteiger partial charge in [0.25, 0.3) is 0 Å². The molecule has 2 nitrogen and oxygen atoms in total. The van der Waals surface area contributed by atoms with E-state index in [1.165, 1.54) is 18.4 Å². The first-order valence-electron chi connectivity index (χ1n) is 5.08. The smallest absolute Gasteiger partial charge is 0.0451 e. The molecule has 0 bridgehead atoms. The topological polar surface area (TPSA) is 15.3 Å². The maximum atomic E-state index is 6.09. The van der Waals surface area contributed by atoms with Crippen molar-refractivity contribution in [3.63, 3.8) is 0 Å². The van der Waals surface area contributed by atoms with Crippen molar-refractivity contribution in [2.75, 3.05) is 13.1 Å². The number of hydrogen-bond donors (Lipinski definition) is 1. The van der Waals surface area contributed by atoms with Gasteiger partial charge in [-0.3, -0.25) is 5.43 Å². The van der Waals surface area contributed by atoms with Crippen LogP contribution >= 0.6 is 11.6 Å². The Morgan fingerprint density at radius 2 is 2.14 bits per heavy atom. The third-order valence-electron chi connectivity index (χ3n) is 2.51. The number of rotatable bonds is 2. The van der Waals surface area contributed by atoms with Crippen LogP contribution < -0.4 is 5.43 Å². The van der Waals surface area contributed by atoms with Crippen molar-refractivity contribution in [3.8, 4) is 0 Å². The Bertz CT molecular complexity index is 295. The first kappa shape index (κ1) is 9.97. The summed E-state index contributed by atoms with van der Waals surface area (Å²) in [6.45, 7) is 3.11. The normalized spacial score (nSPS) is 18.4. The zero-order valence-electron chi connectivity index (χ0n) is 8.17. The fourth-order valence-corrected chi connectivity index (χ4v) is 1.91. The van der Waals surface area contributed by atoms with Crippen LogP contribution in [0.1, 0.15) is 18.4 Å². The molecule has 0 saturated carbocycles. The molecule has 1 saturated heterocycles. The molecule has 76 valence electrons. The van der Waals surface area contributed by atoms with Crippen molar-refractivity contribution >= 4 is 11.6 Å². The average molecular weight is 211 g/mol. The number of hydrazine groups is 1. The molecule has 1 aromatic rings. The maximum Gasteiger partial charge on any atom is 0.0451 e. The summed E-state index contributed by atoms with van der Waals surface area (Å²) in [5.74, 6) is 0. The van der Waals surface area contributed by atoms with Gasteiger partial charge < -0.3 is 0 Å². The first-order chi connectivity index (χ1) is 6.86. The van der Waals surface area contributed by atoms with Gasteiger partial charge in [0.05, 0.1) is 0 Å². The monoisotopic (exact) mass is 210 g/mol. The summed E-state index contributed by atoms with van der Waals surface area (Å²) < 4.78 is 0. The molecule has 2 rings (SSSR count). The van der Waals surface area contributed by atoms with Crippen LogP contribution in [0.4, 0.5) is 0 Å². The first-order valence-corrected chi connectivity index (χ1v) is 5.46. The van der Waals surface area contributed by atoms with E-state index in [0.717, 1.165) is 24.7 Å². The van der Waals surface area contributed by atoms with Crippen molar-refractivity contribution in [2.24, 2.45) is 0 Å². The van der Waals surface area contributed by atoms with E-state index in [4.69, 9.17) is 11.6 Å². The molecule has 0 atom stereocenters. The Kier molecular flexibility index (Phi) is 3.40. The lowest BCUT2D eigenvalue weighted by Crippen LogP contribution is -2.42. The standard InChI is InChI=1S/C11H15ClN2/c12-11-6-2-1-5-10(11)9-14-8-4-3-7-13-14/h1-2,5-6,13H,3-4,7-9H2. The van der Waals surface area contributed by atoms with E-state index in [9.17, 15) is 0 Å². The van der Waals surface area contributed by atoms with Gasteiger partial charge in [-0.1, -0.05) is 29.8 Å². The van der Waals surface area contributed by atoms with Crippen molar-refractivity contribution < 1.29 is 0 Å². The quantitative estimate of drug-likeness (QED) is 0.807. The van der Waals surface area contributed by atoms with E-state index in [1.54, 1.807) is 0 Å². The molecular weight excluding hydrogens is 196 g/mol. The van der Waals surface area contributed by atoms with E-state index in [0.29, 0.717) is 0 Å². The second-order valence-electron chi connectivity index (χ2n) is 3.63. The van der Waals surface area contributed by atoms with Crippen molar-refractivity contribution in [1.29, 1.82) is 0 Å². The molecule has 1 heterocycles. The predicted octanol–water partition coefficient (Wildman–Crippen LogP) is 2.44. The third-order valence-corrected chi connectivity index (χ3v) is 2.88. The highest BCUT2D eigenvalue weighted by atomic mass is 35.5. The van der Waals surface area contributed by atoms with Gasteiger partial charge in [-0.25, -0.2) is 5.01 Å². The molecule has 14 heavy (non-hydrogen) atoms. The Labute approximate surface area is 89.8 Å². The summed E-state index contributed by atoms with van der Waals surface area (Å²) in [7, 11) is 0. The van der Waals surface area contributed by atoms with Crippen LogP contribution in [-0.4, -0.2) is 18.1 Å². The highest BCUT2D eigenvalue weighted by Crippen LogP contribution is 2.17. The summed E-state index contributed by atoms with van der Waals surface area (Å²) in [4.78, 5) is 0. The molecule has 0 unspecified atom stereocenters. The highest BCUT2D eigenvalue weighted by Gasteiger charge is 2.10. The summed E-state index contributed by atoms with van der Waals surface area (Å²) in [5.41, 5.74) is 4.57. The molecule has 0 radical (unpaired) electrons. The lowest BCUT2D eigenvalue weighted by molar-refractivity contribution is 0.144. The van der Waals surface area contributed by atoms with Gasteiger partial charge in [0.15, 0.2) is 0 Å². The minimum absolute atomic E-state index is 0.861. The van der Waals surface area contributed by atoms with E-state index in [2.05, 4.69) is 16.5 Å². The second kappa shape index (κ2) is 4.78. The molecule has 1 fully saturated rings. The average Bonchev–Trinajstić information content (AvgIpc) is 2.23. The Hall–Kier alpha value is -0.570. The Balaban J connectivity index is 1.99. The van der Waals surface area contributed by atoms with Crippen molar-refractivity contribution in [1.82, 2.24) is 10.4 Å². The van der Waals surface area contributed by atoms with E-state index in [-0.39, 0.29) is 0 Å². The molecule has 1 aliphatic rings. The largest absolute Gasteiger partial charge is 0.255 e. The number of nitrogens with one attached hydrogen (secondary N) is 1. The van der Waals surface area contributed by atoms with Crippen molar-refractivity contribution in [3.05, 3.63) is 34.9 Å². The van der Waals surface area contributed by atoms with Gasteiger partial charge in [0.1, 0.15) is 0 Å². The predicted molar refractivity (Wildman–Crippen MR) is 59.1 cm³/mol. The molecule has 1 aliphatic heterocycles. The van der Waals surface area contributed by atoms with Crippen molar-refractivity contribution in [2.45, 2.75) is 19.4 Å². The fourth-order valence-electron chi connectivity index (χ4n) is 1.71. The summed E-state index contributed by atoms with van der Waals surface area (Å²) >= 11 is 6.09. The SMILES string of the molecule is Clc1ccccc1CN1CCCCN1. The van der Waals surface area contributed by atoms with Gasteiger partial charge >= 0.3 is 0 Å². The van der Waals surface area contributed by atoms with Gasteiger partial charge in [0.2, 0.25) is 0 Å². The van der Waals surface area contributed by atoms with Gasteiger partial charge in [-0.15, -0.1) is 0 Å². The molecular formula is C11H15ClN2. The van der Waals surface area contributed by atoms with Crippen LogP contribution in [0, 0.1) is 0 Å². The maximum absolute atomic E-state index is 6.09. The zero-order chi connectivity index (χ0) is 9.80. The number of benzene rings is 1. The van der Waals surface area contributed by atoms with Crippen LogP contribution in [0.15, 0.2) is 24.3 Å². The van der Waals surface area contributed by atoms with Gasteiger partial charge in [0, 0.05) is 24.7 Å². The number of nitrogens with zero attached hydrogens (tertiary/aromatic N) is 1. The second-order valence-corrected chi connectivity index (χ2v) is 4.04. The number of hydrogen-bond acceptors (Lipinski definition) is 2. The lowest BCUT2D eigenvalue weighted by Gasteiger charge is -2.27. The van der Waals surface area contributed by atoms with Gasteiger partial charge in [-0.05, 0) is 24.5 Å². The number of halogens is 1. The van der Waals surface area contributed by atoms with Crippen LogP contribution in [0.2, 0.25) is 5.02 Å². The lowest BCUT2D eigenvalue weighted by atomic mass is 10.2. The molecule has 0 aliphatic carbocycles. The Morgan fingerprint density at radius 1 is 1.29 bits per heavy atom. The van der Waals surface area contributed by atoms with E-state index < -0.39 is 0 Å². The summed E-state index contributed by atoms with van der Waals surface area (Å²) in [6, 6.07) is 8.03. The minimum Gasteiger partial charge on any atom is -0.255 e. The molecule has 1 N–H and O–H groups in total. The minimum atomic E-state index is 0.861. The summed E-state index contributed by atoms with van der Waals surface area (Å²) in [5, 5.41) is 3.10. The molecule has 3 heteroatoms. The van der Waals surface area contributed by atoms with Crippen LogP contribution in [0.3, 0.4) is 0 Å². The molecule has 1 aromatic carbocycles. The third kappa shape index (κ3) is 2.47. The van der Waals surface area contributed by atoms with Crippen LogP contribution in [-0.2, 0) is 6.54 Å². The molecule has 0 aromatic heterocycles.